The second kappa shape index (κ2) is 5.38. The number of piperidine rings is 1. The Morgan fingerprint density at radius 2 is 2.25 bits per heavy atom. The summed E-state index contributed by atoms with van der Waals surface area (Å²) in [6, 6.07) is 0. The zero-order valence-corrected chi connectivity index (χ0v) is 9.92. The van der Waals surface area contributed by atoms with Gasteiger partial charge in [0.15, 0.2) is 0 Å². The van der Waals surface area contributed by atoms with E-state index in [1.165, 1.54) is 17.8 Å². The fourth-order valence-corrected chi connectivity index (χ4v) is 2.37. The van der Waals surface area contributed by atoms with E-state index in [-0.39, 0.29) is 5.91 Å². The minimum Gasteiger partial charge on any atom is -0.325 e. The number of carbonyl (C=O) groups is 1. The van der Waals surface area contributed by atoms with Crippen molar-refractivity contribution in [2.24, 2.45) is 5.73 Å². The maximum absolute atomic E-state index is 11.8. The van der Waals surface area contributed by atoms with Gasteiger partial charge in [-0.15, -0.1) is 11.3 Å². The van der Waals surface area contributed by atoms with Gasteiger partial charge >= 0.3 is 0 Å². The van der Waals surface area contributed by atoms with Gasteiger partial charge in [0.25, 0.3) is 5.91 Å². The lowest BCUT2D eigenvalue weighted by Gasteiger charge is -2.26. The molecule has 2 rings (SSSR count). The van der Waals surface area contributed by atoms with Crippen LogP contribution in [0.4, 0.5) is 0 Å². The third-order valence-electron chi connectivity index (χ3n) is 2.57. The van der Waals surface area contributed by atoms with Crippen LogP contribution in [-0.2, 0) is 6.54 Å². The van der Waals surface area contributed by atoms with Crippen LogP contribution < -0.4 is 11.2 Å². The van der Waals surface area contributed by atoms with Crippen LogP contribution in [0.15, 0.2) is 5.38 Å². The number of amides is 1. The highest BCUT2D eigenvalue weighted by Crippen LogP contribution is 2.10. The maximum atomic E-state index is 11.8. The molecule has 1 aliphatic heterocycles. The first kappa shape index (κ1) is 11.5. The van der Waals surface area contributed by atoms with E-state index in [0.717, 1.165) is 30.9 Å². The van der Waals surface area contributed by atoms with Gasteiger partial charge in [-0.25, -0.2) is 9.99 Å². The van der Waals surface area contributed by atoms with Gasteiger partial charge in [0.1, 0.15) is 10.7 Å². The Hall–Kier alpha value is -0.980. The fourth-order valence-electron chi connectivity index (χ4n) is 1.72. The molecule has 0 aromatic carbocycles. The van der Waals surface area contributed by atoms with Crippen molar-refractivity contribution in [3.8, 4) is 0 Å². The van der Waals surface area contributed by atoms with E-state index in [1.807, 2.05) is 5.01 Å². The van der Waals surface area contributed by atoms with Gasteiger partial charge in [-0.3, -0.25) is 10.2 Å². The molecule has 0 bridgehead atoms. The number of hydrogen-bond acceptors (Lipinski definition) is 5. The van der Waals surface area contributed by atoms with E-state index in [1.54, 1.807) is 5.38 Å². The summed E-state index contributed by atoms with van der Waals surface area (Å²) in [4.78, 5) is 15.9. The Bertz CT molecular complexity index is 359. The molecule has 0 aliphatic carbocycles. The first-order chi connectivity index (χ1) is 7.79. The minimum atomic E-state index is -0.127. The average Bonchev–Trinajstić information content (AvgIpc) is 2.79. The largest absolute Gasteiger partial charge is 0.325 e. The number of nitrogens with two attached hydrogens (primary N) is 1. The first-order valence-electron chi connectivity index (χ1n) is 5.50. The van der Waals surface area contributed by atoms with Gasteiger partial charge in [-0.05, 0) is 12.8 Å². The van der Waals surface area contributed by atoms with Crippen LogP contribution in [-0.4, -0.2) is 29.0 Å². The van der Waals surface area contributed by atoms with Crippen LogP contribution in [0.25, 0.3) is 0 Å². The molecule has 2 heterocycles. The van der Waals surface area contributed by atoms with Gasteiger partial charge < -0.3 is 5.73 Å². The SMILES string of the molecule is NCc1nc(C(=O)NN2CCCCC2)cs1. The molecule has 0 saturated carbocycles. The van der Waals surface area contributed by atoms with Gasteiger partial charge in [0, 0.05) is 25.0 Å². The van der Waals surface area contributed by atoms with Crippen molar-refractivity contribution in [3.05, 3.63) is 16.1 Å². The molecule has 1 aliphatic rings. The molecule has 16 heavy (non-hydrogen) atoms. The van der Waals surface area contributed by atoms with E-state index < -0.39 is 0 Å². The summed E-state index contributed by atoms with van der Waals surface area (Å²) < 4.78 is 0. The second-order valence-electron chi connectivity index (χ2n) is 3.82. The number of rotatable bonds is 3. The zero-order chi connectivity index (χ0) is 11.4. The molecular formula is C10H16N4OS. The summed E-state index contributed by atoms with van der Waals surface area (Å²) in [5.41, 5.74) is 8.79. The summed E-state index contributed by atoms with van der Waals surface area (Å²) in [6.07, 6.45) is 3.54. The topological polar surface area (TPSA) is 71.2 Å². The van der Waals surface area contributed by atoms with Gasteiger partial charge in [0.2, 0.25) is 0 Å². The van der Waals surface area contributed by atoms with Gasteiger partial charge in [-0.2, -0.15) is 0 Å². The Morgan fingerprint density at radius 3 is 2.88 bits per heavy atom. The summed E-state index contributed by atoms with van der Waals surface area (Å²) in [7, 11) is 0. The summed E-state index contributed by atoms with van der Waals surface area (Å²) >= 11 is 1.42. The standard InChI is InChI=1S/C10H16N4OS/c11-6-9-12-8(7-16-9)10(15)13-14-4-2-1-3-5-14/h7H,1-6,11H2,(H,13,15). The lowest BCUT2D eigenvalue weighted by atomic mass is 10.2. The number of hydrazine groups is 1. The molecule has 1 aromatic heterocycles. The van der Waals surface area contributed by atoms with E-state index >= 15 is 0 Å². The number of nitrogens with zero attached hydrogens (tertiary/aromatic N) is 2. The quantitative estimate of drug-likeness (QED) is 0.817. The fraction of sp³-hybridized carbons (Fsp3) is 0.600. The molecule has 1 aromatic rings. The molecule has 0 radical (unpaired) electrons. The molecule has 1 fully saturated rings. The van der Waals surface area contributed by atoms with Crippen LogP contribution in [0.2, 0.25) is 0 Å². The average molecular weight is 240 g/mol. The summed E-state index contributed by atoms with van der Waals surface area (Å²) in [5, 5.41) is 4.51. The predicted molar refractivity (Wildman–Crippen MR) is 62.9 cm³/mol. The lowest BCUT2D eigenvalue weighted by Crippen LogP contribution is -2.45. The third kappa shape index (κ3) is 2.78. The van der Waals surface area contributed by atoms with Crippen molar-refractivity contribution in [2.75, 3.05) is 13.1 Å². The highest BCUT2D eigenvalue weighted by molar-refractivity contribution is 7.09. The van der Waals surface area contributed by atoms with Crippen LogP contribution in [0, 0.1) is 0 Å². The zero-order valence-electron chi connectivity index (χ0n) is 9.11. The van der Waals surface area contributed by atoms with Crippen molar-refractivity contribution < 1.29 is 4.79 Å². The van der Waals surface area contributed by atoms with E-state index in [9.17, 15) is 4.79 Å². The smallest absolute Gasteiger partial charge is 0.285 e. The molecule has 1 amide bonds. The molecular weight excluding hydrogens is 224 g/mol. The number of aromatic nitrogens is 1. The van der Waals surface area contributed by atoms with E-state index in [2.05, 4.69) is 10.4 Å². The Morgan fingerprint density at radius 1 is 1.50 bits per heavy atom. The second-order valence-corrected chi connectivity index (χ2v) is 4.76. The highest BCUT2D eigenvalue weighted by Gasteiger charge is 2.15. The highest BCUT2D eigenvalue weighted by atomic mass is 32.1. The monoisotopic (exact) mass is 240 g/mol. The van der Waals surface area contributed by atoms with Crippen molar-refractivity contribution in [1.29, 1.82) is 0 Å². The van der Waals surface area contributed by atoms with Crippen molar-refractivity contribution in [3.63, 3.8) is 0 Å². The molecule has 88 valence electrons. The number of thiazole rings is 1. The van der Waals surface area contributed by atoms with Crippen LogP contribution in [0.3, 0.4) is 0 Å². The number of hydrogen-bond donors (Lipinski definition) is 2. The van der Waals surface area contributed by atoms with Gasteiger partial charge in [-0.1, -0.05) is 6.42 Å². The normalized spacial score (nSPS) is 17.3. The minimum absolute atomic E-state index is 0.127. The Labute approximate surface area is 98.6 Å². The number of carbonyl (C=O) groups excluding carboxylic acids is 1. The van der Waals surface area contributed by atoms with Crippen molar-refractivity contribution in [2.45, 2.75) is 25.8 Å². The molecule has 1 saturated heterocycles. The lowest BCUT2D eigenvalue weighted by molar-refractivity contribution is 0.0745. The molecule has 0 spiro atoms. The Balaban J connectivity index is 1.91. The number of nitrogens with one attached hydrogen (secondary N) is 1. The van der Waals surface area contributed by atoms with Crippen LogP contribution >= 0.6 is 11.3 Å². The third-order valence-corrected chi connectivity index (χ3v) is 3.45. The van der Waals surface area contributed by atoms with Crippen LogP contribution in [0.5, 0.6) is 0 Å². The molecule has 0 unspecified atom stereocenters. The van der Waals surface area contributed by atoms with Crippen molar-refractivity contribution >= 4 is 17.2 Å². The predicted octanol–water partition coefficient (Wildman–Crippen LogP) is 0.732. The summed E-state index contributed by atoms with van der Waals surface area (Å²) in [5.74, 6) is -0.127. The summed E-state index contributed by atoms with van der Waals surface area (Å²) in [6.45, 7) is 2.25. The van der Waals surface area contributed by atoms with Crippen molar-refractivity contribution in [1.82, 2.24) is 15.4 Å². The van der Waals surface area contributed by atoms with Crippen LogP contribution in [0.1, 0.15) is 34.8 Å². The molecule has 0 atom stereocenters. The maximum Gasteiger partial charge on any atom is 0.285 e. The van der Waals surface area contributed by atoms with E-state index in [4.69, 9.17) is 5.73 Å². The molecule has 6 heteroatoms. The van der Waals surface area contributed by atoms with E-state index in [0.29, 0.717) is 12.2 Å². The molecule has 5 nitrogen and oxygen atoms in total. The molecule has 3 N–H and O–H groups in total. The van der Waals surface area contributed by atoms with Gasteiger partial charge in [0.05, 0.1) is 0 Å². The first-order valence-corrected chi connectivity index (χ1v) is 6.38. The Kier molecular flexibility index (Phi) is 3.87.